The summed E-state index contributed by atoms with van der Waals surface area (Å²) in [7, 11) is 2.14. The number of hydrogen-bond acceptors (Lipinski definition) is 4. The Morgan fingerprint density at radius 2 is 2.12 bits per heavy atom. The van der Waals surface area contributed by atoms with E-state index in [9.17, 15) is 0 Å². The van der Waals surface area contributed by atoms with Gasteiger partial charge in [0.2, 0.25) is 0 Å². The number of nitrogen functional groups attached to an aromatic ring is 1. The topological polar surface area (TPSA) is 53.0 Å². The van der Waals surface area contributed by atoms with Crippen molar-refractivity contribution in [2.75, 3.05) is 24.2 Å². The molecular weight excluding hydrogens is 230 g/mol. The summed E-state index contributed by atoms with van der Waals surface area (Å²) in [5, 5.41) is 10.3. The molecule has 0 aromatic carbocycles. The van der Waals surface area contributed by atoms with Gasteiger partial charge in [0.05, 0.1) is 10.7 Å². The van der Waals surface area contributed by atoms with E-state index in [1.165, 1.54) is 36.2 Å². The molecule has 3 nitrogen and oxygen atoms in total. The van der Waals surface area contributed by atoms with Gasteiger partial charge in [-0.15, -0.1) is 11.3 Å². The van der Waals surface area contributed by atoms with Crippen LogP contribution in [-0.4, -0.2) is 13.6 Å². The lowest BCUT2D eigenvalue weighted by Gasteiger charge is -2.19. The molecule has 2 aliphatic carbocycles. The number of nitriles is 1. The fourth-order valence-corrected chi connectivity index (χ4v) is 3.42. The lowest BCUT2D eigenvalue weighted by molar-refractivity contribution is 0.789. The lowest BCUT2D eigenvalue weighted by atomic mass is 10.1. The van der Waals surface area contributed by atoms with Gasteiger partial charge >= 0.3 is 0 Å². The molecule has 2 N–H and O–H groups in total. The number of nitrogens with two attached hydrogens (primary N) is 1. The molecule has 1 aromatic heterocycles. The summed E-state index contributed by atoms with van der Waals surface area (Å²) in [6.45, 7) is 1.12. The van der Waals surface area contributed by atoms with Crippen molar-refractivity contribution in [1.29, 1.82) is 5.26 Å². The molecular formula is C13H17N3S. The zero-order chi connectivity index (χ0) is 12.0. The molecule has 0 radical (unpaired) electrons. The Bertz CT molecular complexity index is 478. The smallest absolute Gasteiger partial charge is 0.130 e. The molecule has 17 heavy (non-hydrogen) atoms. The molecule has 0 spiro atoms. The average molecular weight is 247 g/mol. The van der Waals surface area contributed by atoms with Gasteiger partial charge in [0, 0.05) is 19.2 Å². The maximum atomic E-state index is 9.10. The van der Waals surface area contributed by atoms with E-state index >= 15 is 0 Å². The highest BCUT2D eigenvalue weighted by Gasteiger charge is 2.33. The molecule has 90 valence electrons. The van der Waals surface area contributed by atoms with Gasteiger partial charge in [-0.3, -0.25) is 0 Å². The summed E-state index contributed by atoms with van der Waals surface area (Å²) in [6.07, 6.45) is 5.18. The molecule has 3 rings (SSSR count). The van der Waals surface area contributed by atoms with Crippen LogP contribution in [-0.2, 0) is 0 Å². The molecule has 0 aliphatic heterocycles. The molecule has 0 unspecified atom stereocenters. The van der Waals surface area contributed by atoms with E-state index in [1.807, 2.05) is 0 Å². The van der Waals surface area contributed by atoms with E-state index in [0.717, 1.165) is 18.2 Å². The summed E-state index contributed by atoms with van der Waals surface area (Å²) < 4.78 is 0. The number of thiophene rings is 1. The average Bonchev–Trinajstić information content (AvgIpc) is 3.19. The van der Waals surface area contributed by atoms with Crippen molar-refractivity contribution < 1.29 is 0 Å². The Hall–Kier alpha value is -1.21. The Morgan fingerprint density at radius 3 is 2.65 bits per heavy atom. The third-order valence-corrected chi connectivity index (χ3v) is 4.87. The highest BCUT2D eigenvalue weighted by Crippen LogP contribution is 2.52. The molecule has 2 fully saturated rings. The molecule has 4 heteroatoms. The van der Waals surface area contributed by atoms with Crippen molar-refractivity contribution in [2.45, 2.75) is 31.6 Å². The first-order chi connectivity index (χ1) is 8.20. The van der Waals surface area contributed by atoms with E-state index in [4.69, 9.17) is 11.0 Å². The molecule has 0 saturated heterocycles. The second kappa shape index (κ2) is 3.92. The van der Waals surface area contributed by atoms with Crippen LogP contribution in [0, 0.1) is 17.2 Å². The standard InChI is InChI=1S/C13H17N3S/c1-16(7-8-2-3-8)13-11(9-4-5-9)12(15)10(6-14)17-13/h8-9H,2-5,7,15H2,1H3. The summed E-state index contributed by atoms with van der Waals surface area (Å²) in [6, 6.07) is 2.23. The molecule has 1 heterocycles. The van der Waals surface area contributed by atoms with Gasteiger partial charge in [0.25, 0.3) is 0 Å². The van der Waals surface area contributed by atoms with Crippen LogP contribution < -0.4 is 10.6 Å². The summed E-state index contributed by atoms with van der Waals surface area (Å²) in [5.41, 5.74) is 8.11. The van der Waals surface area contributed by atoms with Crippen LogP contribution in [0.15, 0.2) is 0 Å². The predicted octanol–water partition coefficient (Wildman–Crippen LogP) is 2.93. The monoisotopic (exact) mass is 247 g/mol. The van der Waals surface area contributed by atoms with Crippen LogP contribution in [0.3, 0.4) is 0 Å². The van der Waals surface area contributed by atoms with Gasteiger partial charge in [-0.2, -0.15) is 5.26 Å². The Morgan fingerprint density at radius 1 is 1.41 bits per heavy atom. The highest BCUT2D eigenvalue weighted by atomic mass is 32.1. The first-order valence-electron chi connectivity index (χ1n) is 6.24. The van der Waals surface area contributed by atoms with Crippen molar-refractivity contribution in [2.24, 2.45) is 5.92 Å². The zero-order valence-corrected chi connectivity index (χ0v) is 10.9. The quantitative estimate of drug-likeness (QED) is 0.890. The number of anilines is 2. The molecule has 0 atom stereocenters. The van der Waals surface area contributed by atoms with Gasteiger partial charge < -0.3 is 10.6 Å². The largest absolute Gasteiger partial charge is 0.397 e. The second-order valence-electron chi connectivity index (χ2n) is 5.27. The van der Waals surface area contributed by atoms with Crippen molar-refractivity contribution in [3.63, 3.8) is 0 Å². The van der Waals surface area contributed by atoms with Crippen LogP contribution in [0.4, 0.5) is 10.7 Å². The Kier molecular flexibility index (Phi) is 2.52. The molecule has 0 bridgehead atoms. The van der Waals surface area contributed by atoms with Crippen LogP contribution >= 0.6 is 11.3 Å². The van der Waals surface area contributed by atoms with Crippen LogP contribution in [0.2, 0.25) is 0 Å². The van der Waals surface area contributed by atoms with Crippen LogP contribution in [0.5, 0.6) is 0 Å². The zero-order valence-electron chi connectivity index (χ0n) is 10.1. The minimum absolute atomic E-state index is 0.616. The number of nitrogens with zero attached hydrogens (tertiary/aromatic N) is 2. The van der Waals surface area contributed by atoms with Crippen molar-refractivity contribution in [3.8, 4) is 6.07 Å². The van der Waals surface area contributed by atoms with Crippen LogP contribution in [0.1, 0.15) is 42.0 Å². The van der Waals surface area contributed by atoms with Crippen LogP contribution in [0.25, 0.3) is 0 Å². The van der Waals surface area contributed by atoms with Gasteiger partial charge in [0.15, 0.2) is 0 Å². The molecule has 1 aromatic rings. The van der Waals surface area contributed by atoms with E-state index in [1.54, 1.807) is 11.3 Å². The summed E-state index contributed by atoms with van der Waals surface area (Å²) >= 11 is 1.57. The minimum atomic E-state index is 0.616. The van der Waals surface area contributed by atoms with E-state index in [-0.39, 0.29) is 0 Å². The Balaban J connectivity index is 1.93. The first-order valence-corrected chi connectivity index (χ1v) is 7.05. The van der Waals surface area contributed by atoms with Crippen molar-refractivity contribution in [3.05, 3.63) is 10.4 Å². The Labute approximate surface area is 106 Å². The molecule has 2 saturated carbocycles. The van der Waals surface area contributed by atoms with E-state index in [2.05, 4.69) is 18.0 Å². The molecule has 0 amide bonds. The summed E-state index contributed by atoms with van der Waals surface area (Å²) in [5.74, 6) is 1.48. The third kappa shape index (κ3) is 2.00. The SMILES string of the molecule is CN(CC1CC1)c1sc(C#N)c(N)c1C1CC1. The molecule has 2 aliphatic rings. The van der Waals surface area contributed by atoms with Gasteiger partial charge in [-0.05, 0) is 37.5 Å². The maximum absolute atomic E-state index is 9.10. The fourth-order valence-electron chi connectivity index (χ4n) is 2.35. The maximum Gasteiger partial charge on any atom is 0.130 e. The van der Waals surface area contributed by atoms with Crippen molar-refractivity contribution in [1.82, 2.24) is 0 Å². The van der Waals surface area contributed by atoms with E-state index in [0.29, 0.717) is 10.8 Å². The number of hydrogen-bond donors (Lipinski definition) is 1. The lowest BCUT2D eigenvalue weighted by Crippen LogP contribution is -2.19. The minimum Gasteiger partial charge on any atom is -0.397 e. The van der Waals surface area contributed by atoms with Crippen molar-refractivity contribution >= 4 is 22.0 Å². The normalized spacial score (nSPS) is 19.1. The summed E-state index contributed by atoms with van der Waals surface area (Å²) in [4.78, 5) is 3.01. The third-order valence-electron chi connectivity index (χ3n) is 3.63. The van der Waals surface area contributed by atoms with E-state index < -0.39 is 0 Å². The van der Waals surface area contributed by atoms with Gasteiger partial charge in [0.1, 0.15) is 10.9 Å². The predicted molar refractivity (Wildman–Crippen MR) is 71.4 cm³/mol. The second-order valence-corrected chi connectivity index (χ2v) is 6.27. The van der Waals surface area contributed by atoms with Gasteiger partial charge in [-0.25, -0.2) is 0 Å². The van der Waals surface area contributed by atoms with Gasteiger partial charge in [-0.1, -0.05) is 0 Å². The first kappa shape index (κ1) is 10.9. The highest BCUT2D eigenvalue weighted by molar-refractivity contribution is 7.17. The number of rotatable bonds is 4. The fraction of sp³-hybridized carbons (Fsp3) is 0.615.